The van der Waals surface area contributed by atoms with Crippen LogP contribution in [0.5, 0.6) is 0 Å². The van der Waals surface area contributed by atoms with Crippen LogP contribution in [-0.4, -0.2) is 24.7 Å². The zero-order valence-corrected chi connectivity index (χ0v) is 2.76. The first-order valence-corrected chi connectivity index (χ1v) is 1.09. The van der Waals surface area contributed by atoms with E-state index in [1.54, 1.807) is 0 Å². The van der Waals surface area contributed by atoms with Crippen molar-refractivity contribution in [1.29, 1.82) is 0 Å². The molecule has 0 heterocycles. The Balaban J connectivity index is 4.25. The highest BCUT2D eigenvalue weighted by Gasteiger charge is 1.87. The molecule has 0 aliphatic heterocycles. The summed E-state index contributed by atoms with van der Waals surface area (Å²) in [4.78, 5) is 9.95. The predicted molar refractivity (Wildman–Crippen MR) is 19.5 cm³/mol. The molecular weight excluding hydrogens is 84.0 g/mol. The molecule has 0 saturated heterocycles. The van der Waals surface area contributed by atoms with E-state index in [1.807, 2.05) is 0 Å². The maximum atomic E-state index is 9.95. The second-order valence-electron chi connectivity index (χ2n) is 0.509. The third-order valence-electron chi connectivity index (χ3n) is 0.138. The molecule has 1 N–H and O–H groups in total. The molecule has 0 atom stereocenters. The second kappa shape index (κ2) is 2.66. The monoisotopic (exact) mass is 95.1 g/mol. The summed E-state index contributed by atoms with van der Waals surface area (Å²) in [6.45, 7) is -3.16. The lowest BCUT2D eigenvalue weighted by Gasteiger charge is -1.83. The molecule has 0 spiro atoms. The van der Waals surface area contributed by atoms with Crippen molar-refractivity contribution in [1.82, 2.24) is 0 Å². The van der Waals surface area contributed by atoms with Crippen LogP contribution in [0.1, 0.15) is 6.85 Å². The summed E-state index contributed by atoms with van der Waals surface area (Å²) < 4.78 is 35.8. The van der Waals surface area contributed by atoms with Crippen LogP contribution in [0.4, 0.5) is 0 Å². The van der Waals surface area contributed by atoms with Crippen molar-refractivity contribution in [3.8, 4) is 0 Å². The number of carboxylic acids is 1. The SMILES string of the molecule is [2H]C([2H])([2H])OC([2H])([2H])C(=O)O. The van der Waals surface area contributed by atoms with Gasteiger partial charge < -0.3 is 9.84 Å². The third-order valence-corrected chi connectivity index (χ3v) is 0.138. The number of carbonyl (C=O) groups is 1. The molecule has 0 aliphatic rings. The zero-order valence-electron chi connectivity index (χ0n) is 7.76. The van der Waals surface area contributed by atoms with Crippen molar-refractivity contribution >= 4 is 5.97 Å². The number of hydrogen-bond acceptors (Lipinski definition) is 2. The average molecular weight is 95.1 g/mol. The molecule has 0 bridgehead atoms. The fourth-order valence-corrected chi connectivity index (χ4v) is 0.0437. The molecule has 0 amide bonds. The molecule has 6 heavy (non-hydrogen) atoms. The summed E-state index contributed by atoms with van der Waals surface area (Å²) in [6.07, 6.45) is 0. The number of methoxy groups -OCH3 is 1. The van der Waals surface area contributed by atoms with E-state index in [-0.39, 0.29) is 0 Å². The third kappa shape index (κ3) is 3.43. The van der Waals surface area contributed by atoms with Gasteiger partial charge in [-0.1, -0.05) is 0 Å². The van der Waals surface area contributed by atoms with E-state index in [4.69, 9.17) is 12.0 Å². The van der Waals surface area contributed by atoms with Crippen LogP contribution in [0.2, 0.25) is 0 Å². The lowest BCUT2D eigenvalue weighted by atomic mass is 10.8. The van der Waals surface area contributed by atoms with Gasteiger partial charge in [-0.25, -0.2) is 4.79 Å². The lowest BCUT2D eigenvalue weighted by Crippen LogP contribution is -2.02. The molecule has 0 aliphatic carbocycles. The quantitative estimate of drug-likeness (QED) is 0.513. The largest absolute Gasteiger partial charge is 0.480 e. The highest BCUT2D eigenvalue weighted by Crippen LogP contribution is 1.61. The van der Waals surface area contributed by atoms with E-state index in [1.165, 1.54) is 0 Å². The van der Waals surface area contributed by atoms with Gasteiger partial charge in [0, 0.05) is 7.04 Å². The minimum Gasteiger partial charge on any atom is -0.480 e. The fraction of sp³-hybridized carbons (Fsp3) is 0.667. The molecule has 0 aromatic heterocycles. The van der Waals surface area contributed by atoms with Crippen molar-refractivity contribution in [2.75, 3.05) is 13.6 Å². The average Bonchev–Trinajstić information content (AvgIpc) is 1.56. The van der Waals surface area contributed by atoms with Crippen LogP contribution in [0.15, 0.2) is 0 Å². The van der Waals surface area contributed by atoms with E-state index >= 15 is 0 Å². The van der Waals surface area contributed by atoms with Crippen molar-refractivity contribution < 1.29 is 21.5 Å². The molecule has 0 saturated carbocycles. The van der Waals surface area contributed by atoms with Crippen LogP contribution in [0.3, 0.4) is 0 Å². The van der Waals surface area contributed by atoms with Gasteiger partial charge in [-0.3, -0.25) is 0 Å². The van der Waals surface area contributed by atoms with Crippen LogP contribution in [0, 0.1) is 0 Å². The summed E-state index contributed by atoms with van der Waals surface area (Å²) in [5.74, 6) is -1.96. The van der Waals surface area contributed by atoms with Gasteiger partial charge in [0.2, 0.25) is 0 Å². The molecule has 0 aromatic carbocycles. The number of aliphatic carboxylic acids is 1. The topological polar surface area (TPSA) is 46.5 Å². The standard InChI is InChI=1S/C3H6O3/c1-6-2-3(4)5/h2H2,1H3,(H,4,5)/i1D3,2D2. The molecule has 0 unspecified atom stereocenters. The van der Waals surface area contributed by atoms with Crippen molar-refractivity contribution in [3.05, 3.63) is 0 Å². The van der Waals surface area contributed by atoms with E-state index < -0.39 is 19.6 Å². The number of hydrogen-bond donors (Lipinski definition) is 1. The van der Waals surface area contributed by atoms with Gasteiger partial charge in [-0.2, -0.15) is 0 Å². The highest BCUT2D eigenvalue weighted by atomic mass is 16.5. The molecule has 0 rings (SSSR count). The number of carboxylic acid groups (broad SMARTS) is 1. The molecule has 36 valence electrons. The highest BCUT2D eigenvalue weighted by molar-refractivity contribution is 5.67. The van der Waals surface area contributed by atoms with Gasteiger partial charge in [0.05, 0.1) is 6.85 Å². The van der Waals surface area contributed by atoms with Crippen LogP contribution < -0.4 is 0 Å². The molecule has 0 aromatic rings. The minimum atomic E-state index is -3.16. The summed E-state index contributed by atoms with van der Waals surface area (Å²) in [7, 11) is -3.04. The number of rotatable bonds is 2. The predicted octanol–water partition coefficient (Wildman–Crippen LogP) is -0.283. The maximum absolute atomic E-state index is 9.95. The van der Waals surface area contributed by atoms with E-state index in [2.05, 4.69) is 4.74 Å². The smallest absolute Gasteiger partial charge is 0.329 e. The Morgan fingerprint density at radius 3 is 3.33 bits per heavy atom. The van der Waals surface area contributed by atoms with Crippen LogP contribution in [0.25, 0.3) is 0 Å². The second-order valence-corrected chi connectivity index (χ2v) is 0.509. The van der Waals surface area contributed by atoms with Gasteiger partial charge in [0.25, 0.3) is 0 Å². The Hall–Kier alpha value is -0.570. The van der Waals surface area contributed by atoms with Gasteiger partial charge in [0.15, 0.2) is 0 Å². The Labute approximate surface area is 42.6 Å². The van der Waals surface area contributed by atoms with Gasteiger partial charge in [0.1, 0.15) is 6.56 Å². The molecule has 0 radical (unpaired) electrons. The molecule has 3 nitrogen and oxygen atoms in total. The Morgan fingerprint density at radius 2 is 3.17 bits per heavy atom. The van der Waals surface area contributed by atoms with E-state index in [0.717, 1.165) is 0 Å². The zero-order chi connectivity index (χ0) is 9.28. The summed E-state index contributed by atoms with van der Waals surface area (Å²) >= 11 is 0. The normalized spacial score (nSPS) is 25.0. The van der Waals surface area contributed by atoms with Crippen molar-refractivity contribution in [2.45, 2.75) is 0 Å². The summed E-state index contributed by atoms with van der Waals surface area (Å²) in [5, 5.41) is 8.05. The van der Waals surface area contributed by atoms with Gasteiger partial charge in [-0.05, 0) is 0 Å². The van der Waals surface area contributed by atoms with E-state index in [9.17, 15) is 4.79 Å². The lowest BCUT2D eigenvalue weighted by molar-refractivity contribution is -0.141. The summed E-state index contributed by atoms with van der Waals surface area (Å²) in [6, 6.07) is 0. The first-order chi connectivity index (χ1) is 4.65. The Bertz CT molecular complexity index is 161. The van der Waals surface area contributed by atoms with E-state index in [0.29, 0.717) is 0 Å². The maximum Gasteiger partial charge on any atom is 0.329 e. The Kier molecular flexibility index (Phi) is 0.530. The van der Waals surface area contributed by atoms with Crippen LogP contribution >= 0.6 is 0 Å². The van der Waals surface area contributed by atoms with Gasteiger partial charge in [-0.15, -0.1) is 0 Å². The summed E-state index contributed by atoms with van der Waals surface area (Å²) in [5.41, 5.74) is 0. The van der Waals surface area contributed by atoms with Crippen molar-refractivity contribution in [3.63, 3.8) is 0 Å². The molecular formula is C3H6O3. The van der Waals surface area contributed by atoms with Crippen LogP contribution in [-0.2, 0) is 9.53 Å². The van der Waals surface area contributed by atoms with Gasteiger partial charge >= 0.3 is 5.97 Å². The fourth-order valence-electron chi connectivity index (χ4n) is 0.0437. The first kappa shape index (κ1) is 1.20. The molecule has 0 fully saturated rings. The molecule has 3 heteroatoms. The van der Waals surface area contributed by atoms with Crippen molar-refractivity contribution in [2.24, 2.45) is 0 Å². The minimum absolute atomic E-state index is 1.96. The first-order valence-electron chi connectivity index (χ1n) is 3.59. The Morgan fingerprint density at radius 1 is 2.50 bits per heavy atom. The number of ether oxygens (including phenoxy) is 1.